The average molecular weight is 267 g/mol. The summed E-state index contributed by atoms with van der Waals surface area (Å²) in [5, 5.41) is 10.3. The lowest BCUT2D eigenvalue weighted by atomic mass is 10.0. The minimum Gasteiger partial charge on any atom is -0.387 e. The number of hydrogen-bond donors (Lipinski definition) is 1. The van der Waals surface area contributed by atoms with Gasteiger partial charge in [0.05, 0.1) is 18.3 Å². The van der Waals surface area contributed by atoms with Crippen molar-refractivity contribution in [3.63, 3.8) is 0 Å². The summed E-state index contributed by atoms with van der Waals surface area (Å²) >= 11 is 0. The normalized spacial score (nSPS) is 21.3. The molecule has 1 unspecified atom stereocenters. The van der Waals surface area contributed by atoms with E-state index in [-0.39, 0.29) is 11.4 Å². The fourth-order valence-corrected chi connectivity index (χ4v) is 2.63. The molecule has 1 heterocycles. The zero-order valence-electron chi connectivity index (χ0n) is 11.8. The van der Waals surface area contributed by atoms with Crippen molar-refractivity contribution in [2.75, 3.05) is 26.2 Å². The van der Waals surface area contributed by atoms with Crippen molar-refractivity contribution in [1.29, 1.82) is 0 Å². The summed E-state index contributed by atoms with van der Waals surface area (Å²) in [6.45, 7) is 8.78. The van der Waals surface area contributed by atoms with Gasteiger partial charge in [-0.05, 0) is 44.0 Å². The Kier molecular flexibility index (Phi) is 4.23. The number of ether oxygens (including phenoxy) is 1. The van der Waals surface area contributed by atoms with Crippen molar-refractivity contribution in [1.82, 2.24) is 4.90 Å². The molecular formula is C15H22FNO2. The SMILES string of the molecule is Cc1cc(F)ccc1C(O)CN1CCOC(C)(C)C1. The Bertz CT molecular complexity index is 448. The molecule has 1 aromatic rings. The van der Waals surface area contributed by atoms with Crippen LogP contribution in [0.1, 0.15) is 31.1 Å². The summed E-state index contributed by atoms with van der Waals surface area (Å²) < 4.78 is 18.7. The van der Waals surface area contributed by atoms with Crippen LogP contribution in [-0.4, -0.2) is 41.8 Å². The molecule has 0 aliphatic carbocycles. The summed E-state index contributed by atoms with van der Waals surface area (Å²) in [4.78, 5) is 2.19. The number of aryl methyl sites for hydroxylation is 1. The maximum absolute atomic E-state index is 13.1. The zero-order chi connectivity index (χ0) is 14.0. The summed E-state index contributed by atoms with van der Waals surface area (Å²) in [5.74, 6) is -0.263. The van der Waals surface area contributed by atoms with Crippen molar-refractivity contribution in [3.05, 3.63) is 35.1 Å². The van der Waals surface area contributed by atoms with Gasteiger partial charge in [-0.3, -0.25) is 4.90 Å². The van der Waals surface area contributed by atoms with Crippen molar-refractivity contribution in [3.8, 4) is 0 Å². The number of aliphatic hydroxyl groups is 1. The van der Waals surface area contributed by atoms with Gasteiger partial charge in [0.15, 0.2) is 0 Å². The first-order chi connectivity index (χ1) is 8.87. The zero-order valence-corrected chi connectivity index (χ0v) is 11.8. The van der Waals surface area contributed by atoms with Gasteiger partial charge in [-0.2, -0.15) is 0 Å². The maximum atomic E-state index is 13.1. The van der Waals surface area contributed by atoms with Crippen LogP contribution < -0.4 is 0 Å². The van der Waals surface area contributed by atoms with Gasteiger partial charge < -0.3 is 9.84 Å². The lowest BCUT2D eigenvalue weighted by molar-refractivity contribution is -0.0933. The predicted molar refractivity (Wildman–Crippen MR) is 72.6 cm³/mol. The quantitative estimate of drug-likeness (QED) is 0.912. The smallest absolute Gasteiger partial charge is 0.123 e. The Morgan fingerprint density at radius 3 is 2.84 bits per heavy atom. The molecule has 1 aliphatic heterocycles. The van der Waals surface area contributed by atoms with E-state index < -0.39 is 6.10 Å². The second kappa shape index (κ2) is 5.57. The number of benzene rings is 1. The molecule has 1 N–H and O–H groups in total. The second-order valence-electron chi connectivity index (χ2n) is 5.86. The lowest BCUT2D eigenvalue weighted by Crippen LogP contribution is -2.49. The summed E-state index contributed by atoms with van der Waals surface area (Å²) in [6.07, 6.45) is -0.588. The molecule has 106 valence electrons. The Hall–Kier alpha value is -0.970. The molecule has 19 heavy (non-hydrogen) atoms. The molecule has 1 aromatic carbocycles. The minimum atomic E-state index is -0.588. The fraction of sp³-hybridized carbons (Fsp3) is 0.600. The van der Waals surface area contributed by atoms with Crippen LogP contribution in [0.4, 0.5) is 4.39 Å². The third kappa shape index (κ3) is 3.75. The van der Waals surface area contributed by atoms with E-state index in [1.165, 1.54) is 12.1 Å². The number of β-amino-alcohol motifs (C(OH)–C–C–N with tert-alkyl or cyclic N) is 1. The molecule has 3 nitrogen and oxygen atoms in total. The van der Waals surface area contributed by atoms with Crippen LogP contribution >= 0.6 is 0 Å². The largest absolute Gasteiger partial charge is 0.387 e. The third-order valence-electron chi connectivity index (χ3n) is 3.53. The number of nitrogens with zero attached hydrogens (tertiary/aromatic N) is 1. The van der Waals surface area contributed by atoms with Crippen LogP contribution in [0.25, 0.3) is 0 Å². The van der Waals surface area contributed by atoms with E-state index in [1.807, 2.05) is 6.92 Å². The third-order valence-corrected chi connectivity index (χ3v) is 3.53. The molecule has 1 saturated heterocycles. The van der Waals surface area contributed by atoms with Crippen LogP contribution in [0.15, 0.2) is 18.2 Å². The van der Waals surface area contributed by atoms with Crippen molar-refractivity contribution in [2.45, 2.75) is 32.5 Å². The van der Waals surface area contributed by atoms with Crippen LogP contribution in [-0.2, 0) is 4.74 Å². The van der Waals surface area contributed by atoms with Crippen LogP contribution in [0, 0.1) is 12.7 Å². The Morgan fingerprint density at radius 1 is 1.47 bits per heavy atom. The van der Waals surface area contributed by atoms with Gasteiger partial charge in [0, 0.05) is 19.6 Å². The van der Waals surface area contributed by atoms with Crippen LogP contribution in [0.2, 0.25) is 0 Å². The minimum absolute atomic E-state index is 0.171. The highest BCUT2D eigenvalue weighted by Gasteiger charge is 2.28. The number of aliphatic hydroxyl groups excluding tert-OH is 1. The highest BCUT2D eigenvalue weighted by molar-refractivity contribution is 5.28. The Labute approximate surface area is 114 Å². The molecule has 0 amide bonds. The molecule has 1 fully saturated rings. The van der Waals surface area contributed by atoms with E-state index in [4.69, 9.17) is 4.74 Å². The van der Waals surface area contributed by atoms with E-state index in [2.05, 4.69) is 18.7 Å². The molecule has 1 atom stereocenters. The number of hydrogen-bond acceptors (Lipinski definition) is 3. The van der Waals surface area contributed by atoms with E-state index in [1.54, 1.807) is 6.07 Å². The van der Waals surface area contributed by atoms with Crippen molar-refractivity contribution in [2.24, 2.45) is 0 Å². The molecule has 2 rings (SSSR count). The highest BCUT2D eigenvalue weighted by atomic mass is 19.1. The summed E-state index contributed by atoms with van der Waals surface area (Å²) in [7, 11) is 0. The molecule has 0 saturated carbocycles. The highest BCUT2D eigenvalue weighted by Crippen LogP contribution is 2.22. The molecule has 0 radical (unpaired) electrons. The molecule has 4 heteroatoms. The van der Waals surface area contributed by atoms with Gasteiger partial charge in [0.1, 0.15) is 5.82 Å². The molecule has 1 aliphatic rings. The van der Waals surface area contributed by atoms with Crippen LogP contribution in [0.5, 0.6) is 0 Å². The average Bonchev–Trinajstić information content (AvgIpc) is 2.27. The standard InChI is InChI=1S/C15H22FNO2/c1-11-8-12(16)4-5-13(11)14(18)9-17-6-7-19-15(2,3)10-17/h4-5,8,14,18H,6-7,9-10H2,1-3H3. The second-order valence-corrected chi connectivity index (χ2v) is 5.86. The molecule has 0 spiro atoms. The van der Waals surface area contributed by atoms with Gasteiger partial charge in [-0.15, -0.1) is 0 Å². The Morgan fingerprint density at radius 2 is 2.21 bits per heavy atom. The molecule has 0 aromatic heterocycles. The number of morpholine rings is 1. The maximum Gasteiger partial charge on any atom is 0.123 e. The topological polar surface area (TPSA) is 32.7 Å². The predicted octanol–water partition coefficient (Wildman–Crippen LogP) is 2.28. The van der Waals surface area contributed by atoms with E-state index >= 15 is 0 Å². The summed E-state index contributed by atoms with van der Waals surface area (Å²) in [5.41, 5.74) is 1.42. The van der Waals surface area contributed by atoms with Crippen LogP contribution in [0.3, 0.4) is 0 Å². The fourth-order valence-electron chi connectivity index (χ4n) is 2.63. The van der Waals surface area contributed by atoms with Gasteiger partial charge >= 0.3 is 0 Å². The van der Waals surface area contributed by atoms with Gasteiger partial charge in [0.25, 0.3) is 0 Å². The lowest BCUT2D eigenvalue weighted by Gasteiger charge is -2.39. The number of rotatable bonds is 3. The van der Waals surface area contributed by atoms with Gasteiger partial charge in [0.2, 0.25) is 0 Å². The van der Waals surface area contributed by atoms with Gasteiger partial charge in [-0.25, -0.2) is 4.39 Å². The van der Waals surface area contributed by atoms with Crippen molar-refractivity contribution >= 4 is 0 Å². The van der Waals surface area contributed by atoms with Gasteiger partial charge in [-0.1, -0.05) is 6.07 Å². The summed E-state index contributed by atoms with van der Waals surface area (Å²) in [6, 6.07) is 4.53. The molecule has 0 bridgehead atoms. The first kappa shape index (κ1) is 14.4. The monoisotopic (exact) mass is 267 g/mol. The first-order valence-electron chi connectivity index (χ1n) is 6.68. The van der Waals surface area contributed by atoms with Crippen molar-refractivity contribution < 1.29 is 14.2 Å². The number of halogens is 1. The van der Waals surface area contributed by atoms with E-state index in [9.17, 15) is 9.50 Å². The Balaban J connectivity index is 2.02. The van der Waals surface area contributed by atoms with E-state index in [0.717, 1.165) is 24.2 Å². The molecular weight excluding hydrogens is 245 g/mol. The first-order valence-corrected chi connectivity index (χ1v) is 6.68. The van der Waals surface area contributed by atoms with E-state index in [0.29, 0.717) is 13.2 Å².